The van der Waals surface area contributed by atoms with Crippen LogP contribution in [0.15, 0.2) is 24.3 Å². The van der Waals surface area contributed by atoms with Crippen molar-refractivity contribution in [3.63, 3.8) is 0 Å². The van der Waals surface area contributed by atoms with E-state index in [1.165, 1.54) is 17.5 Å². The lowest BCUT2D eigenvalue weighted by Crippen LogP contribution is -2.32. The number of rotatable bonds is 2. The molecular weight excluding hydrogens is 265 g/mol. The maximum Gasteiger partial charge on any atom is 0.0697 e. The monoisotopic (exact) mass is 299 g/mol. The molecule has 0 spiro atoms. The summed E-state index contributed by atoms with van der Waals surface area (Å²) in [6, 6.07) is 8.93. The first-order valence-electron chi connectivity index (χ1n) is 7.96. The van der Waals surface area contributed by atoms with Crippen molar-refractivity contribution >= 4 is 9.47 Å². The van der Waals surface area contributed by atoms with Crippen LogP contribution in [-0.4, -0.2) is 13.2 Å². The second-order valence-electron chi connectivity index (χ2n) is 4.00. The molecule has 1 N–H and O–H groups in total. The van der Waals surface area contributed by atoms with Gasteiger partial charge in [0.05, 0.1) is 12.6 Å². The van der Waals surface area contributed by atoms with Gasteiger partial charge in [0, 0.05) is 9.47 Å². The number of nitrogens with one attached hydrogen (secondary N) is 1. The van der Waals surface area contributed by atoms with Crippen LogP contribution in [0.1, 0.15) is 65.1 Å². The molecule has 2 nitrogen and oxygen atoms in total. The average Bonchev–Trinajstić information content (AvgIpc) is 2.53. The molecule has 2 unspecified atom stereocenters. The fourth-order valence-electron chi connectivity index (χ4n) is 1.84. The van der Waals surface area contributed by atoms with Crippen LogP contribution in [0.25, 0.3) is 0 Å². The summed E-state index contributed by atoms with van der Waals surface area (Å²) in [5, 5.41) is 3.44. The van der Waals surface area contributed by atoms with Crippen molar-refractivity contribution in [3.8, 4) is 0 Å². The zero-order valence-electron chi connectivity index (χ0n) is 14.2. The largest absolute Gasteiger partial charge is 0.364 e. The second kappa shape index (κ2) is 16.6. The van der Waals surface area contributed by atoms with E-state index in [1.54, 1.807) is 0 Å². The van der Waals surface area contributed by atoms with Crippen LogP contribution < -0.4 is 5.32 Å². The summed E-state index contributed by atoms with van der Waals surface area (Å²) >= 11 is 0. The van der Waals surface area contributed by atoms with Crippen molar-refractivity contribution in [1.82, 2.24) is 5.32 Å². The van der Waals surface area contributed by atoms with Gasteiger partial charge < -0.3 is 9.84 Å². The molecule has 118 valence electrons. The number of hydrogen-bond donors (Lipinski definition) is 1. The molecule has 0 aliphatic carbocycles. The van der Waals surface area contributed by atoms with Crippen molar-refractivity contribution in [2.75, 3.05) is 13.2 Å². The summed E-state index contributed by atoms with van der Waals surface area (Å²) in [5.74, 6) is 0. The number of benzene rings is 1. The molecule has 1 aliphatic rings. The Morgan fingerprint density at radius 3 is 2.25 bits per heavy atom. The van der Waals surface area contributed by atoms with Crippen molar-refractivity contribution in [2.24, 2.45) is 0 Å². The van der Waals surface area contributed by atoms with Crippen LogP contribution in [0, 0.1) is 0 Å². The minimum atomic E-state index is 0.363. The fourth-order valence-corrected chi connectivity index (χ4v) is 2.03. The molecule has 1 aromatic carbocycles. The third-order valence-electron chi connectivity index (χ3n) is 2.48. The standard InChI is InChI=1S/C10H14NOP.C3H8.2C2H6/c13-12-7-10-9-4-2-1-3-8(9)5-6-11-10;1-3-2;2*1-2/h1-4,10-11H,5-7,13H2;3H2,1-2H3;2*1-2H3. The first-order valence-corrected chi connectivity index (χ1v) is 8.43. The molecule has 2 rings (SSSR count). The predicted molar refractivity (Wildman–Crippen MR) is 95.2 cm³/mol. The zero-order valence-corrected chi connectivity index (χ0v) is 15.4. The van der Waals surface area contributed by atoms with Crippen LogP contribution in [0.4, 0.5) is 0 Å². The maximum absolute atomic E-state index is 5.09. The molecule has 1 aliphatic heterocycles. The Balaban J connectivity index is 0. The summed E-state index contributed by atoms with van der Waals surface area (Å²) < 4.78 is 5.09. The zero-order chi connectivity index (χ0) is 15.8. The minimum absolute atomic E-state index is 0.363. The lowest BCUT2D eigenvalue weighted by Gasteiger charge is -2.26. The highest BCUT2D eigenvalue weighted by Gasteiger charge is 2.18. The highest BCUT2D eigenvalue weighted by Crippen LogP contribution is 2.22. The van der Waals surface area contributed by atoms with Gasteiger partial charge in [-0.3, -0.25) is 0 Å². The van der Waals surface area contributed by atoms with Gasteiger partial charge >= 0.3 is 0 Å². The molecule has 3 heteroatoms. The smallest absolute Gasteiger partial charge is 0.0697 e. The molecule has 0 fully saturated rings. The summed E-state index contributed by atoms with van der Waals surface area (Å²) in [4.78, 5) is 0. The van der Waals surface area contributed by atoms with Gasteiger partial charge in [-0.25, -0.2) is 0 Å². The van der Waals surface area contributed by atoms with Crippen molar-refractivity contribution in [1.29, 1.82) is 0 Å². The van der Waals surface area contributed by atoms with Gasteiger partial charge in [-0.1, -0.05) is 72.2 Å². The molecule has 0 aromatic heterocycles. The van der Waals surface area contributed by atoms with Crippen LogP contribution >= 0.6 is 9.47 Å². The van der Waals surface area contributed by atoms with E-state index in [0.717, 1.165) is 19.6 Å². The third kappa shape index (κ3) is 8.68. The van der Waals surface area contributed by atoms with Gasteiger partial charge in [0.25, 0.3) is 0 Å². The molecule has 0 bridgehead atoms. The quantitative estimate of drug-likeness (QED) is 0.763. The van der Waals surface area contributed by atoms with E-state index in [2.05, 4.69) is 52.9 Å². The van der Waals surface area contributed by atoms with E-state index in [0.29, 0.717) is 6.04 Å². The van der Waals surface area contributed by atoms with Crippen molar-refractivity contribution in [2.45, 2.75) is 60.4 Å². The van der Waals surface area contributed by atoms with E-state index in [4.69, 9.17) is 4.52 Å². The van der Waals surface area contributed by atoms with Gasteiger partial charge in [0.2, 0.25) is 0 Å². The summed E-state index contributed by atoms with van der Waals surface area (Å²) in [6.07, 6.45) is 2.38. The first-order chi connectivity index (χ1) is 9.83. The Morgan fingerprint density at radius 1 is 1.15 bits per heavy atom. The van der Waals surface area contributed by atoms with E-state index in [1.807, 2.05) is 27.7 Å². The Morgan fingerprint density at radius 2 is 1.70 bits per heavy atom. The van der Waals surface area contributed by atoms with E-state index in [9.17, 15) is 0 Å². The normalized spacial score (nSPS) is 15.2. The highest BCUT2D eigenvalue weighted by atomic mass is 31.0. The highest BCUT2D eigenvalue weighted by molar-refractivity contribution is 7.09. The van der Waals surface area contributed by atoms with E-state index < -0.39 is 0 Å². The Bertz CT molecular complexity index is 305. The molecule has 0 amide bonds. The van der Waals surface area contributed by atoms with Gasteiger partial charge in [-0.15, -0.1) is 0 Å². The minimum Gasteiger partial charge on any atom is -0.364 e. The van der Waals surface area contributed by atoms with Gasteiger partial charge in [0.1, 0.15) is 0 Å². The van der Waals surface area contributed by atoms with Crippen molar-refractivity contribution in [3.05, 3.63) is 35.4 Å². The van der Waals surface area contributed by atoms with Crippen LogP contribution in [0.3, 0.4) is 0 Å². The topological polar surface area (TPSA) is 21.3 Å². The van der Waals surface area contributed by atoms with Crippen LogP contribution in [0.2, 0.25) is 0 Å². The van der Waals surface area contributed by atoms with Crippen LogP contribution in [0.5, 0.6) is 0 Å². The number of hydrogen-bond acceptors (Lipinski definition) is 2. The molecule has 20 heavy (non-hydrogen) atoms. The lowest BCUT2D eigenvalue weighted by atomic mass is 9.95. The van der Waals surface area contributed by atoms with E-state index in [-0.39, 0.29) is 0 Å². The molecule has 2 atom stereocenters. The summed E-state index contributed by atoms with van der Waals surface area (Å²) in [6.45, 7) is 14.0. The van der Waals surface area contributed by atoms with E-state index >= 15 is 0 Å². The summed E-state index contributed by atoms with van der Waals surface area (Å²) in [7, 11) is 2.30. The SMILES string of the molecule is CC.CC.CCC.POCC1NCCc2ccccc21. The predicted octanol–water partition coefficient (Wildman–Crippen LogP) is 5.15. The Kier molecular flexibility index (Phi) is 18.2. The lowest BCUT2D eigenvalue weighted by molar-refractivity contribution is 0.298. The molecule has 0 radical (unpaired) electrons. The second-order valence-corrected chi connectivity index (χ2v) is 4.33. The third-order valence-corrected chi connectivity index (χ3v) is 2.67. The number of fused-ring (bicyclic) bond motifs is 1. The van der Waals surface area contributed by atoms with Gasteiger partial charge in [0.15, 0.2) is 0 Å². The molecule has 1 aromatic rings. The van der Waals surface area contributed by atoms with Crippen LogP contribution in [-0.2, 0) is 10.9 Å². The molecule has 1 heterocycles. The van der Waals surface area contributed by atoms with Crippen molar-refractivity contribution < 1.29 is 4.52 Å². The molecule has 0 saturated heterocycles. The Hall–Kier alpha value is -0.430. The maximum atomic E-state index is 5.09. The Labute approximate surface area is 129 Å². The fraction of sp³-hybridized carbons (Fsp3) is 0.647. The summed E-state index contributed by atoms with van der Waals surface area (Å²) in [5.41, 5.74) is 2.84. The molecular formula is C17H34NOP. The van der Waals surface area contributed by atoms with Gasteiger partial charge in [-0.05, 0) is 24.1 Å². The average molecular weight is 299 g/mol. The first kappa shape index (κ1) is 21.9. The van der Waals surface area contributed by atoms with Gasteiger partial charge in [-0.2, -0.15) is 0 Å². The molecule has 0 saturated carbocycles.